The van der Waals surface area contributed by atoms with Gasteiger partial charge in [-0.1, -0.05) is 18.2 Å². The highest BCUT2D eigenvalue weighted by atomic mass is 32.1. The van der Waals surface area contributed by atoms with Crippen molar-refractivity contribution in [2.24, 2.45) is 0 Å². The Morgan fingerprint density at radius 1 is 1.12 bits per heavy atom. The number of benzene rings is 1. The molecule has 0 saturated carbocycles. The van der Waals surface area contributed by atoms with Crippen molar-refractivity contribution in [3.8, 4) is 0 Å². The fraction of sp³-hybridized carbons (Fsp3) is 0. The van der Waals surface area contributed by atoms with Crippen LogP contribution in [-0.4, -0.2) is 0 Å². The van der Waals surface area contributed by atoms with Crippen LogP contribution in [0.25, 0.3) is 0 Å². The van der Waals surface area contributed by atoms with Gasteiger partial charge in [0.25, 0.3) is 4.90 Å². The lowest BCUT2D eigenvalue weighted by molar-refractivity contribution is 1.45. The van der Waals surface area contributed by atoms with Gasteiger partial charge in [0.2, 0.25) is 0 Å². The van der Waals surface area contributed by atoms with E-state index in [9.17, 15) is 0 Å². The fourth-order valence-corrected chi connectivity index (χ4v) is 0.782. The molecule has 0 aliphatic heterocycles. The van der Waals surface area contributed by atoms with Gasteiger partial charge in [-0.25, -0.2) is 0 Å². The maximum absolute atomic E-state index is 6.86. The number of rotatable bonds is 1. The molecule has 1 rings (SSSR count). The predicted octanol–water partition coefficient (Wildman–Crippen LogP) is 1.89. The minimum Gasteiger partial charge on any atom is -0.0619 e. The molecule has 0 fully saturated rings. The summed E-state index contributed by atoms with van der Waals surface area (Å²) in [5.74, 6) is 0. The van der Waals surface area contributed by atoms with Crippen LogP contribution >= 0.6 is 0 Å². The Balaban J connectivity index is 2.99. The van der Waals surface area contributed by atoms with E-state index in [2.05, 4.69) is 0 Å². The third-order valence-corrected chi connectivity index (χ3v) is 1.37. The van der Waals surface area contributed by atoms with Crippen molar-refractivity contribution in [2.45, 2.75) is 4.90 Å². The molecule has 0 aromatic heterocycles. The van der Waals surface area contributed by atoms with Crippen molar-refractivity contribution in [3.05, 3.63) is 30.3 Å². The minimum atomic E-state index is 0.993. The molecule has 0 bridgehead atoms. The van der Waals surface area contributed by atoms with E-state index in [-0.39, 0.29) is 0 Å². The zero-order chi connectivity index (χ0) is 5.82. The van der Waals surface area contributed by atoms with Gasteiger partial charge in [0.15, 0.2) is 0 Å². The molecule has 8 heavy (non-hydrogen) atoms. The summed E-state index contributed by atoms with van der Waals surface area (Å²) in [4.78, 5) is 0.993. The molecule has 0 amide bonds. The van der Waals surface area contributed by atoms with Crippen LogP contribution in [0.1, 0.15) is 0 Å². The summed E-state index contributed by atoms with van der Waals surface area (Å²) in [6, 6.07) is 9.63. The largest absolute Gasteiger partial charge is 0.354 e. The molecule has 0 spiro atoms. The number of nitrogens with one attached hydrogen (secondary N) is 1. The molecule has 0 aliphatic carbocycles. The van der Waals surface area contributed by atoms with Gasteiger partial charge in [0.1, 0.15) is 0 Å². The molecule has 0 unspecified atom stereocenters. The van der Waals surface area contributed by atoms with E-state index >= 15 is 0 Å². The van der Waals surface area contributed by atoms with Gasteiger partial charge in [0.05, 0.1) is 0 Å². The SMILES string of the molecule is N=[S+]c1ccccc1. The maximum Gasteiger partial charge on any atom is 0.354 e. The van der Waals surface area contributed by atoms with Gasteiger partial charge in [-0.15, -0.1) is 0 Å². The van der Waals surface area contributed by atoms with Crippen molar-refractivity contribution < 1.29 is 0 Å². The first kappa shape index (κ1) is 5.38. The van der Waals surface area contributed by atoms with Crippen LogP contribution in [0.5, 0.6) is 0 Å². The summed E-state index contributed by atoms with van der Waals surface area (Å²) in [6.07, 6.45) is 0. The van der Waals surface area contributed by atoms with Crippen molar-refractivity contribution in [2.75, 3.05) is 0 Å². The molecule has 0 aliphatic rings. The molecular weight excluding hydrogens is 118 g/mol. The summed E-state index contributed by atoms with van der Waals surface area (Å²) in [5.41, 5.74) is 0. The van der Waals surface area contributed by atoms with Gasteiger partial charge in [-0.05, 0) is 4.78 Å². The molecule has 1 aromatic carbocycles. The summed E-state index contributed by atoms with van der Waals surface area (Å²) in [5, 5.41) is 0. The van der Waals surface area contributed by atoms with Crippen LogP contribution in [0.3, 0.4) is 0 Å². The Morgan fingerprint density at radius 3 is 2.12 bits per heavy atom. The Hall–Kier alpha value is -0.760. The highest BCUT2D eigenvalue weighted by molar-refractivity contribution is 7.66. The van der Waals surface area contributed by atoms with Crippen LogP contribution in [0.4, 0.5) is 0 Å². The van der Waals surface area contributed by atoms with Crippen molar-refractivity contribution >= 4 is 11.6 Å². The summed E-state index contributed by atoms with van der Waals surface area (Å²) in [7, 11) is 0. The average Bonchev–Trinajstić information content (AvgIpc) is 1.90. The summed E-state index contributed by atoms with van der Waals surface area (Å²) in [6.45, 7) is 0. The maximum atomic E-state index is 6.86. The smallest absolute Gasteiger partial charge is 0.0619 e. The average molecular weight is 124 g/mol. The lowest BCUT2D eigenvalue weighted by Crippen LogP contribution is -1.66. The summed E-state index contributed by atoms with van der Waals surface area (Å²) < 4.78 is 6.86. The molecule has 0 heterocycles. The van der Waals surface area contributed by atoms with Crippen LogP contribution in [-0.2, 0) is 11.6 Å². The molecular formula is C6H6NS+. The first-order chi connectivity index (χ1) is 3.93. The van der Waals surface area contributed by atoms with E-state index in [0.29, 0.717) is 0 Å². The second kappa shape index (κ2) is 2.52. The molecule has 0 saturated heterocycles. The quantitative estimate of drug-likeness (QED) is 0.553. The third kappa shape index (κ3) is 1.10. The Morgan fingerprint density at radius 2 is 1.75 bits per heavy atom. The second-order valence-electron chi connectivity index (χ2n) is 1.42. The first-order valence-electron chi connectivity index (χ1n) is 2.32. The Kier molecular flexibility index (Phi) is 1.70. The van der Waals surface area contributed by atoms with Crippen molar-refractivity contribution in [1.29, 1.82) is 4.78 Å². The number of hydrogen-bond donors (Lipinski definition) is 1. The lowest BCUT2D eigenvalue weighted by Gasteiger charge is -1.72. The third-order valence-electron chi connectivity index (χ3n) is 0.861. The van der Waals surface area contributed by atoms with Crippen LogP contribution in [0, 0.1) is 4.78 Å². The molecule has 1 nitrogen and oxygen atoms in total. The lowest BCUT2D eigenvalue weighted by atomic mass is 10.4. The van der Waals surface area contributed by atoms with E-state index in [4.69, 9.17) is 4.78 Å². The molecule has 0 atom stereocenters. The van der Waals surface area contributed by atoms with Crippen molar-refractivity contribution in [1.82, 2.24) is 0 Å². The van der Waals surface area contributed by atoms with Crippen LogP contribution < -0.4 is 0 Å². The normalized spacial score (nSPS) is 8.50. The van der Waals surface area contributed by atoms with Gasteiger partial charge in [-0.2, -0.15) is 0 Å². The fourth-order valence-electron chi connectivity index (χ4n) is 0.489. The van der Waals surface area contributed by atoms with E-state index < -0.39 is 0 Å². The van der Waals surface area contributed by atoms with Gasteiger partial charge in [-0.3, -0.25) is 0 Å². The highest BCUT2D eigenvalue weighted by Crippen LogP contribution is 1.95. The Bertz CT molecular complexity index is 171. The predicted molar refractivity (Wildman–Crippen MR) is 34.8 cm³/mol. The highest BCUT2D eigenvalue weighted by Gasteiger charge is 1.94. The van der Waals surface area contributed by atoms with Gasteiger partial charge < -0.3 is 0 Å². The van der Waals surface area contributed by atoms with E-state index in [0.717, 1.165) is 16.5 Å². The molecule has 1 aromatic rings. The Labute approximate surface area is 52.3 Å². The zero-order valence-corrected chi connectivity index (χ0v) is 5.11. The monoisotopic (exact) mass is 124 g/mol. The van der Waals surface area contributed by atoms with E-state index in [1.165, 1.54) is 0 Å². The van der Waals surface area contributed by atoms with Crippen LogP contribution in [0.15, 0.2) is 35.2 Å². The molecule has 0 radical (unpaired) electrons. The topological polar surface area (TPSA) is 23.9 Å². The van der Waals surface area contributed by atoms with E-state index in [1.54, 1.807) is 0 Å². The van der Waals surface area contributed by atoms with E-state index in [1.807, 2.05) is 30.3 Å². The zero-order valence-electron chi connectivity index (χ0n) is 4.29. The minimum absolute atomic E-state index is 0.993. The van der Waals surface area contributed by atoms with Crippen LogP contribution in [0.2, 0.25) is 0 Å². The standard InChI is InChI=1S/C6H6NS/c7-8-6-4-2-1-3-5-6/h1-5,7H/q+1. The van der Waals surface area contributed by atoms with Crippen molar-refractivity contribution in [3.63, 3.8) is 0 Å². The second-order valence-corrected chi connectivity index (χ2v) is 2.09. The first-order valence-corrected chi connectivity index (χ1v) is 3.14. The number of hydrogen-bond acceptors (Lipinski definition) is 1. The molecule has 2 heteroatoms. The molecule has 1 N–H and O–H groups in total. The van der Waals surface area contributed by atoms with Gasteiger partial charge >= 0.3 is 11.6 Å². The summed E-state index contributed by atoms with van der Waals surface area (Å²) >= 11 is 1.02. The molecule has 40 valence electrons. The van der Waals surface area contributed by atoms with Gasteiger partial charge in [0, 0.05) is 12.1 Å².